The van der Waals surface area contributed by atoms with Crippen molar-refractivity contribution in [2.75, 3.05) is 20.1 Å². The van der Waals surface area contributed by atoms with Crippen molar-refractivity contribution in [3.05, 3.63) is 23.8 Å². The Morgan fingerprint density at radius 2 is 2.21 bits per heavy atom. The number of nitrogens with zero attached hydrogens (tertiary/aromatic N) is 3. The van der Waals surface area contributed by atoms with E-state index in [1.54, 1.807) is 11.9 Å². The number of hydrogen-bond acceptors (Lipinski definition) is 5. The second kappa shape index (κ2) is 7.42. The first-order valence-electron chi connectivity index (χ1n) is 6.02. The van der Waals surface area contributed by atoms with Crippen molar-refractivity contribution in [1.29, 1.82) is 0 Å². The van der Waals surface area contributed by atoms with Crippen LogP contribution in [0.5, 0.6) is 0 Å². The van der Waals surface area contributed by atoms with Crippen molar-refractivity contribution < 1.29 is 14.7 Å². The van der Waals surface area contributed by atoms with Gasteiger partial charge in [-0.25, -0.2) is 14.8 Å². The molecule has 0 saturated heterocycles. The third-order valence-electron chi connectivity index (χ3n) is 2.43. The summed E-state index contributed by atoms with van der Waals surface area (Å²) in [5.74, 6) is -1.16. The van der Waals surface area contributed by atoms with Crippen molar-refractivity contribution in [2.24, 2.45) is 0 Å². The fraction of sp³-hybridized carbons (Fsp3) is 0.500. The molecule has 0 aliphatic heterocycles. The fourth-order valence-electron chi connectivity index (χ4n) is 1.54. The predicted octanol–water partition coefficient (Wildman–Crippen LogP) is 0.133. The lowest BCUT2D eigenvalue weighted by molar-refractivity contribution is -0.122. The predicted molar refractivity (Wildman–Crippen MR) is 68.6 cm³/mol. The van der Waals surface area contributed by atoms with Crippen LogP contribution in [0.25, 0.3) is 0 Å². The molecule has 0 fully saturated rings. The van der Waals surface area contributed by atoms with E-state index in [0.29, 0.717) is 12.2 Å². The second-order valence-electron chi connectivity index (χ2n) is 4.21. The summed E-state index contributed by atoms with van der Waals surface area (Å²) < 4.78 is 0. The van der Waals surface area contributed by atoms with Crippen LogP contribution in [-0.4, -0.2) is 52.0 Å². The molecule has 0 radical (unpaired) electrons. The minimum absolute atomic E-state index is 0.0586. The number of aromatic carboxylic acids is 1. The van der Waals surface area contributed by atoms with E-state index in [4.69, 9.17) is 5.11 Å². The van der Waals surface area contributed by atoms with Gasteiger partial charge in [-0.15, -0.1) is 0 Å². The largest absolute Gasteiger partial charge is 0.478 e. The van der Waals surface area contributed by atoms with Crippen LogP contribution in [0.2, 0.25) is 0 Å². The summed E-state index contributed by atoms with van der Waals surface area (Å²) in [5.41, 5.74) is 0.455. The molecule has 0 unspecified atom stereocenters. The molecular weight excluding hydrogens is 248 g/mol. The third-order valence-corrected chi connectivity index (χ3v) is 2.43. The number of rotatable bonds is 7. The lowest BCUT2D eigenvalue weighted by Crippen LogP contribution is -2.35. The van der Waals surface area contributed by atoms with Gasteiger partial charge in [-0.2, -0.15) is 0 Å². The van der Waals surface area contributed by atoms with Gasteiger partial charge in [-0.1, -0.05) is 6.92 Å². The SMILES string of the molecule is CCCNC(=O)CN(C)Cc1ncncc1C(=O)O. The van der Waals surface area contributed by atoms with E-state index in [0.717, 1.165) is 6.42 Å². The van der Waals surface area contributed by atoms with Gasteiger partial charge >= 0.3 is 5.97 Å². The van der Waals surface area contributed by atoms with E-state index in [2.05, 4.69) is 15.3 Å². The Hall–Kier alpha value is -2.02. The normalized spacial score (nSPS) is 10.5. The molecule has 104 valence electrons. The Morgan fingerprint density at radius 1 is 1.47 bits per heavy atom. The Kier molecular flexibility index (Phi) is 5.87. The zero-order valence-corrected chi connectivity index (χ0v) is 11.1. The maximum Gasteiger partial charge on any atom is 0.339 e. The summed E-state index contributed by atoms with van der Waals surface area (Å²) in [7, 11) is 1.74. The summed E-state index contributed by atoms with van der Waals surface area (Å²) in [6.45, 7) is 3.09. The summed E-state index contributed by atoms with van der Waals surface area (Å²) >= 11 is 0. The minimum Gasteiger partial charge on any atom is -0.478 e. The number of carbonyl (C=O) groups excluding carboxylic acids is 1. The smallest absolute Gasteiger partial charge is 0.339 e. The summed E-state index contributed by atoms with van der Waals surface area (Å²) in [6, 6.07) is 0. The number of carbonyl (C=O) groups is 2. The number of likely N-dealkylation sites (N-methyl/N-ethyl adjacent to an activating group) is 1. The van der Waals surface area contributed by atoms with Gasteiger partial charge in [0.25, 0.3) is 0 Å². The Labute approximate surface area is 111 Å². The molecule has 2 N–H and O–H groups in total. The number of carboxylic acid groups (broad SMARTS) is 1. The van der Waals surface area contributed by atoms with Crippen molar-refractivity contribution >= 4 is 11.9 Å². The van der Waals surface area contributed by atoms with E-state index in [1.165, 1.54) is 12.5 Å². The highest BCUT2D eigenvalue weighted by Crippen LogP contribution is 2.06. The maximum absolute atomic E-state index is 11.5. The molecule has 1 amide bonds. The second-order valence-corrected chi connectivity index (χ2v) is 4.21. The van der Waals surface area contributed by atoms with Gasteiger partial charge in [-0.3, -0.25) is 9.69 Å². The van der Waals surface area contributed by atoms with E-state index in [9.17, 15) is 9.59 Å². The molecule has 19 heavy (non-hydrogen) atoms. The van der Waals surface area contributed by atoms with Crippen LogP contribution in [-0.2, 0) is 11.3 Å². The van der Waals surface area contributed by atoms with Gasteiger partial charge < -0.3 is 10.4 Å². The zero-order valence-electron chi connectivity index (χ0n) is 11.1. The van der Waals surface area contributed by atoms with Crippen LogP contribution >= 0.6 is 0 Å². The first kappa shape index (κ1) is 15.0. The molecule has 7 nitrogen and oxygen atoms in total. The molecule has 1 heterocycles. The van der Waals surface area contributed by atoms with Gasteiger partial charge in [0.05, 0.1) is 12.2 Å². The van der Waals surface area contributed by atoms with Crippen molar-refractivity contribution in [3.8, 4) is 0 Å². The van der Waals surface area contributed by atoms with E-state index >= 15 is 0 Å². The zero-order chi connectivity index (χ0) is 14.3. The standard InChI is InChI=1S/C12H18N4O3/c1-3-4-14-11(17)7-16(2)6-10-9(12(18)19)5-13-8-15-10/h5,8H,3-4,6-7H2,1-2H3,(H,14,17)(H,18,19). The fourth-order valence-corrected chi connectivity index (χ4v) is 1.54. The average Bonchev–Trinajstić information content (AvgIpc) is 2.36. The van der Waals surface area contributed by atoms with E-state index in [1.807, 2.05) is 6.92 Å². The van der Waals surface area contributed by atoms with Crippen LogP contribution in [0.1, 0.15) is 29.4 Å². The van der Waals surface area contributed by atoms with Gasteiger partial charge in [0, 0.05) is 19.3 Å². The summed E-state index contributed by atoms with van der Waals surface area (Å²) in [6.07, 6.45) is 3.44. The van der Waals surface area contributed by atoms with Crippen molar-refractivity contribution in [3.63, 3.8) is 0 Å². The van der Waals surface area contributed by atoms with Gasteiger partial charge in [0.1, 0.15) is 11.9 Å². The number of nitrogens with one attached hydrogen (secondary N) is 1. The molecule has 7 heteroatoms. The molecule has 1 rings (SSSR count). The topological polar surface area (TPSA) is 95.4 Å². The molecule has 0 aliphatic rings. The molecular formula is C12H18N4O3. The van der Waals surface area contributed by atoms with Crippen molar-refractivity contribution in [1.82, 2.24) is 20.2 Å². The van der Waals surface area contributed by atoms with Crippen molar-refractivity contribution in [2.45, 2.75) is 19.9 Å². The first-order valence-corrected chi connectivity index (χ1v) is 6.02. The van der Waals surface area contributed by atoms with Crippen LogP contribution in [0.15, 0.2) is 12.5 Å². The number of aromatic nitrogens is 2. The highest BCUT2D eigenvalue weighted by molar-refractivity contribution is 5.88. The number of amides is 1. The Bertz CT molecular complexity index is 450. The van der Waals surface area contributed by atoms with Gasteiger partial charge in [-0.05, 0) is 13.5 Å². The highest BCUT2D eigenvalue weighted by Gasteiger charge is 2.14. The molecule has 0 aliphatic carbocycles. The lowest BCUT2D eigenvalue weighted by Gasteiger charge is -2.16. The van der Waals surface area contributed by atoms with Crippen LogP contribution < -0.4 is 5.32 Å². The van der Waals surface area contributed by atoms with Crippen LogP contribution in [0, 0.1) is 0 Å². The monoisotopic (exact) mass is 266 g/mol. The molecule has 0 saturated carbocycles. The van der Waals surface area contributed by atoms with Crippen LogP contribution in [0.3, 0.4) is 0 Å². The molecule has 0 aromatic carbocycles. The molecule has 0 spiro atoms. The van der Waals surface area contributed by atoms with Crippen LogP contribution in [0.4, 0.5) is 0 Å². The highest BCUT2D eigenvalue weighted by atomic mass is 16.4. The Balaban J connectivity index is 2.59. The number of hydrogen-bond donors (Lipinski definition) is 2. The van der Waals surface area contributed by atoms with Gasteiger partial charge in [0.15, 0.2) is 0 Å². The quantitative estimate of drug-likeness (QED) is 0.728. The molecule has 0 atom stereocenters. The molecule has 1 aromatic rings. The summed E-state index contributed by atoms with van der Waals surface area (Å²) in [4.78, 5) is 31.8. The summed E-state index contributed by atoms with van der Waals surface area (Å²) in [5, 5.41) is 11.8. The maximum atomic E-state index is 11.5. The number of carboxylic acids is 1. The van der Waals surface area contributed by atoms with E-state index in [-0.39, 0.29) is 24.6 Å². The van der Waals surface area contributed by atoms with E-state index < -0.39 is 5.97 Å². The average molecular weight is 266 g/mol. The molecule has 0 bridgehead atoms. The van der Waals surface area contributed by atoms with Gasteiger partial charge in [0.2, 0.25) is 5.91 Å². The lowest BCUT2D eigenvalue weighted by atomic mass is 10.2. The Morgan fingerprint density at radius 3 is 2.84 bits per heavy atom. The third kappa shape index (κ3) is 5.01. The minimum atomic E-state index is -1.07. The molecule has 1 aromatic heterocycles. The first-order chi connectivity index (χ1) is 9.04.